The molecule has 0 unspecified atom stereocenters. The number of carbonyl (C=O) groups excluding carboxylic acids is 1. The zero-order valence-corrected chi connectivity index (χ0v) is 17.5. The van der Waals surface area contributed by atoms with Gasteiger partial charge in [-0.15, -0.1) is 0 Å². The third-order valence-electron chi connectivity index (χ3n) is 5.62. The van der Waals surface area contributed by atoms with Gasteiger partial charge in [0.05, 0.1) is 25.1 Å². The summed E-state index contributed by atoms with van der Waals surface area (Å²) in [6.07, 6.45) is 0.0553. The Bertz CT molecular complexity index is 1340. The highest BCUT2D eigenvalue weighted by Gasteiger charge is 2.35. The Hall–Kier alpha value is -4.08. The van der Waals surface area contributed by atoms with Crippen LogP contribution in [-0.4, -0.2) is 51.7 Å². The molecule has 0 saturated heterocycles. The molecule has 1 aliphatic rings. The van der Waals surface area contributed by atoms with Crippen molar-refractivity contribution in [2.45, 2.75) is 25.6 Å². The maximum absolute atomic E-state index is 13.1. The number of ether oxygens (including phenoxy) is 2. The fourth-order valence-corrected chi connectivity index (χ4v) is 3.96. The Morgan fingerprint density at radius 3 is 2.41 bits per heavy atom. The molecule has 2 N–H and O–H groups in total. The van der Waals surface area contributed by atoms with E-state index < -0.39 is 35.7 Å². The number of aromatic amines is 1. The van der Waals surface area contributed by atoms with Crippen LogP contribution in [0.5, 0.6) is 11.5 Å². The van der Waals surface area contributed by atoms with Gasteiger partial charge in [-0.1, -0.05) is 12.1 Å². The largest absolute Gasteiger partial charge is 0.493 e. The number of methoxy groups -OCH3 is 2. The van der Waals surface area contributed by atoms with Crippen LogP contribution < -0.4 is 20.7 Å². The Morgan fingerprint density at radius 1 is 1.09 bits per heavy atom. The van der Waals surface area contributed by atoms with Crippen LogP contribution in [-0.2, 0) is 29.1 Å². The van der Waals surface area contributed by atoms with Crippen molar-refractivity contribution in [1.82, 2.24) is 14.5 Å². The van der Waals surface area contributed by atoms with E-state index in [0.29, 0.717) is 22.6 Å². The van der Waals surface area contributed by atoms with Crippen LogP contribution in [0, 0.1) is 0 Å². The van der Waals surface area contributed by atoms with Gasteiger partial charge in [0.15, 0.2) is 11.5 Å². The van der Waals surface area contributed by atoms with Crippen LogP contribution in [0.15, 0.2) is 46.0 Å². The number of H-pyrrole nitrogens is 1. The van der Waals surface area contributed by atoms with Crippen LogP contribution in [0.4, 0.5) is 0 Å². The molecule has 166 valence electrons. The minimum Gasteiger partial charge on any atom is -0.493 e. The number of carbonyl (C=O) groups is 2. The zero-order chi connectivity index (χ0) is 23.0. The average Bonchev–Trinajstić information content (AvgIpc) is 2.79. The lowest BCUT2D eigenvalue weighted by molar-refractivity contribution is -0.151. The third-order valence-corrected chi connectivity index (χ3v) is 5.62. The molecule has 2 aromatic carbocycles. The van der Waals surface area contributed by atoms with E-state index in [2.05, 4.69) is 4.98 Å². The number of benzene rings is 2. The van der Waals surface area contributed by atoms with Crippen LogP contribution >= 0.6 is 0 Å². The van der Waals surface area contributed by atoms with Gasteiger partial charge in [0.25, 0.3) is 5.56 Å². The third kappa shape index (κ3) is 3.59. The van der Waals surface area contributed by atoms with E-state index in [0.717, 1.165) is 15.0 Å². The molecule has 1 amide bonds. The van der Waals surface area contributed by atoms with E-state index in [1.54, 1.807) is 36.4 Å². The van der Waals surface area contributed by atoms with Gasteiger partial charge in [-0.25, -0.2) is 9.59 Å². The van der Waals surface area contributed by atoms with Gasteiger partial charge in [0, 0.05) is 13.0 Å². The lowest BCUT2D eigenvalue weighted by atomic mass is 9.93. The van der Waals surface area contributed by atoms with Gasteiger partial charge in [-0.05, 0) is 35.4 Å². The van der Waals surface area contributed by atoms with E-state index in [-0.39, 0.29) is 18.4 Å². The van der Waals surface area contributed by atoms with E-state index in [1.807, 2.05) is 0 Å². The Morgan fingerprint density at radius 2 is 1.75 bits per heavy atom. The number of nitrogens with zero attached hydrogens (tertiary/aromatic N) is 2. The highest BCUT2D eigenvalue weighted by molar-refractivity contribution is 5.85. The molecule has 1 atom stereocenters. The minimum atomic E-state index is -1.18. The summed E-state index contributed by atoms with van der Waals surface area (Å²) in [5.41, 5.74) is 0.432. The molecule has 32 heavy (non-hydrogen) atoms. The van der Waals surface area contributed by atoms with Crippen molar-refractivity contribution >= 4 is 22.8 Å². The summed E-state index contributed by atoms with van der Waals surface area (Å²) in [4.78, 5) is 54.0. The van der Waals surface area contributed by atoms with E-state index >= 15 is 0 Å². The number of aromatic nitrogens is 2. The minimum absolute atomic E-state index is 0.00821. The number of para-hydroxylation sites is 1. The first kappa shape index (κ1) is 21.2. The van der Waals surface area contributed by atoms with Crippen molar-refractivity contribution in [3.63, 3.8) is 0 Å². The first-order valence-corrected chi connectivity index (χ1v) is 9.82. The lowest BCUT2D eigenvalue weighted by Gasteiger charge is -2.35. The van der Waals surface area contributed by atoms with Gasteiger partial charge < -0.3 is 24.5 Å². The molecule has 3 aromatic rings. The molecule has 0 aliphatic carbocycles. The van der Waals surface area contributed by atoms with E-state index in [1.165, 1.54) is 14.2 Å². The van der Waals surface area contributed by atoms with Crippen molar-refractivity contribution in [2.75, 3.05) is 14.2 Å². The summed E-state index contributed by atoms with van der Waals surface area (Å²) >= 11 is 0. The number of fused-ring (bicyclic) bond motifs is 2. The van der Waals surface area contributed by atoms with Crippen molar-refractivity contribution in [2.24, 2.45) is 0 Å². The van der Waals surface area contributed by atoms with Gasteiger partial charge >= 0.3 is 11.7 Å². The fourth-order valence-electron chi connectivity index (χ4n) is 3.96. The van der Waals surface area contributed by atoms with Crippen LogP contribution in [0.25, 0.3) is 10.9 Å². The molecule has 0 spiro atoms. The predicted octanol–water partition coefficient (Wildman–Crippen LogP) is 0.745. The number of nitrogens with one attached hydrogen (secondary N) is 1. The molecule has 0 saturated carbocycles. The Labute approximate surface area is 181 Å². The van der Waals surface area contributed by atoms with E-state index in [4.69, 9.17) is 9.47 Å². The van der Waals surface area contributed by atoms with Gasteiger partial charge in [-0.2, -0.15) is 0 Å². The van der Waals surface area contributed by atoms with Crippen LogP contribution in [0.2, 0.25) is 0 Å². The predicted molar refractivity (Wildman–Crippen MR) is 114 cm³/mol. The SMILES string of the molecule is COc1cc2c(cc1OC)CN(C(=O)Cn1c(=O)[nH]c3ccccc3c1=O)[C@H](C(=O)O)C2. The molecule has 10 heteroatoms. The molecule has 0 bridgehead atoms. The number of hydrogen-bond acceptors (Lipinski definition) is 6. The number of carboxylic acids is 1. The van der Waals surface area contributed by atoms with E-state index in [9.17, 15) is 24.3 Å². The maximum atomic E-state index is 13.1. The van der Waals surface area contributed by atoms with Crippen molar-refractivity contribution in [1.29, 1.82) is 0 Å². The first-order valence-electron chi connectivity index (χ1n) is 9.82. The molecular weight excluding hydrogens is 418 g/mol. The summed E-state index contributed by atoms with van der Waals surface area (Å²) in [5.74, 6) is -0.918. The van der Waals surface area contributed by atoms with Crippen molar-refractivity contribution < 1.29 is 24.2 Å². The van der Waals surface area contributed by atoms with Crippen LogP contribution in [0.3, 0.4) is 0 Å². The molecule has 2 heterocycles. The highest BCUT2D eigenvalue weighted by Crippen LogP contribution is 2.34. The second-order valence-corrected chi connectivity index (χ2v) is 7.42. The van der Waals surface area contributed by atoms with Gasteiger partial charge in [0.1, 0.15) is 12.6 Å². The molecule has 4 rings (SSSR count). The summed E-state index contributed by atoms with van der Waals surface area (Å²) in [6.45, 7) is -0.586. The highest BCUT2D eigenvalue weighted by atomic mass is 16.5. The second kappa shape index (κ2) is 8.22. The summed E-state index contributed by atoms with van der Waals surface area (Å²) < 4.78 is 11.4. The monoisotopic (exact) mass is 439 g/mol. The molecule has 10 nitrogen and oxygen atoms in total. The second-order valence-electron chi connectivity index (χ2n) is 7.42. The first-order chi connectivity index (χ1) is 15.3. The smallest absolute Gasteiger partial charge is 0.329 e. The van der Waals surface area contributed by atoms with Gasteiger partial charge in [0.2, 0.25) is 5.91 Å². The standard InChI is InChI=1S/C22H21N3O7/c1-31-17-8-12-7-16(21(28)29)24(10-13(12)9-18(17)32-2)19(26)11-25-20(27)14-5-3-4-6-15(14)23-22(25)30/h3-6,8-9,16H,7,10-11H2,1-2H3,(H,23,30)(H,28,29)/t16-/m0/s1. The molecule has 0 fully saturated rings. The van der Waals surface area contributed by atoms with Crippen molar-refractivity contribution in [3.05, 3.63) is 68.4 Å². The number of carboxylic acid groups (broad SMARTS) is 1. The average molecular weight is 439 g/mol. The van der Waals surface area contributed by atoms with Crippen LogP contribution in [0.1, 0.15) is 11.1 Å². The summed E-state index contributed by atoms with van der Waals surface area (Å²) in [6, 6.07) is 8.71. The number of aliphatic carboxylic acids is 1. The number of amides is 1. The Kier molecular flexibility index (Phi) is 5.43. The van der Waals surface area contributed by atoms with Crippen molar-refractivity contribution in [3.8, 4) is 11.5 Å². The molecular formula is C22H21N3O7. The quantitative estimate of drug-likeness (QED) is 0.600. The van der Waals surface area contributed by atoms with Gasteiger partial charge in [-0.3, -0.25) is 14.2 Å². The lowest BCUT2D eigenvalue weighted by Crippen LogP contribution is -2.51. The summed E-state index contributed by atoms with van der Waals surface area (Å²) in [7, 11) is 2.96. The topological polar surface area (TPSA) is 131 Å². The molecule has 1 aliphatic heterocycles. The zero-order valence-electron chi connectivity index (χ0n) is 17.5. The fraction of sp³-hybridized carbons (Fsp3) is 0.273. The Balaban J connectivity index is 1.70. The maximum Gasteiger partial charge on any atom is 0.329 e. The summed E-state index contributed by atoms with van der Waals surface area (Å²) in [5, 5.41) is 10.0. The molecule has 0 radical (unpaired) electrons. The number of rotatable bonds is 5. The molecule has 1 aromatic heterocycles. The number of hydrogen-bond donors (Lipinski definition) is 2. The normalized spacial score (nSPS) is 15.3.